The summed E-state index contributed by atoms with van der Waals surface area (Å²) in [6.07, 6.45) is 2.11. The van der Waals surface area contributed by atoms with Crippen LogP contribution >= 0.6 is 0 Å². The summed E-state index contributed by atoms with van der Waals surface area (Å²) in [4.78, 5) is 9.29. The largest absolute Gasteiger partial charge is 0.357 e. The smallest absolute Gasteiger partial charge is 0.194 e. The Morgan fingerprint density at radius 2 is 1.79 bits per heavy atom. The van der Waals surface area contributed by atoms with Gasteiger partial charge in [0.2, 0.25) is 0 Å². The SMILES string of the molecule is CCNC(=NCc1ccccc1CN(C)C)N(C)Cc1cn(C)nc1C(C)C. The molecule has 2 rings (SSSR count). The second-order valence-electron chi connectivity index (χ2n) is 7.90. The van der Waals surface area contributed by atoms with E-state index in [1.165, 1.54) is 16.7 Å². The highest BCUT2D eigenvalue weighted by Gasteiger charge is 2.15. The highest BCUT2D eigenvalue weighted by Crippen LogP contribution is 2.19. The van der Waals surface area contributed by atoms with Crippen LogP contribution in [0.15, 0.2) is 35.5 Å². The van der Waals surface area contributed by atoms with E-state index in [1.807, 2.05) is 11.7 Å². The topological polar surface area (TPSA) is 48.7 Å². The number of aromatic nitrogens is 2. The molecule has 6 nitrogen and oxygen atoms in total. The molecule has 0 aliphatic rings. The third kappa shape index (κ3) is 6.09. The second kappa shape index (κ2) is 10.3. The number of guanidine groups is 1. The van der Waals surface area contributed by atoms with E-state index in [2.05, 4.69) is 92.6 Å². The number of rotatable bonds is 8. The van der Waals surface area contributed by atoms with Crippen LogP contribution in [0.1, 0.15) is 49.1 Å². The van der Waals surface area contributed by atoms with E-state index in [4.69, 9.17) is 4.99 Å². The monoisotopic (exact) mass is 384 g/mol. The number of hydrogen-bond donors (Lipinski definition) is 1. The maximum atomic E-state index is 4.91. The van der Waals surface area contributed by atoms with Gasteiger partial charge < -0.3 is 15.1 Å². The summed E-state index contributed by atoms with van der Waals surface area (Å²) in [7, 11) is 8.26. The molecule has 1 heterocycles. The van der Waals surface area contributed by atoms with Gasteiger partial charge in [-0.15, -0.1) is 0 Å². The molecule has 0 saturated heterocycles. The third-order valence-electron chi connectivity index (χ3n) is 4.59. The number of aliphatic imine (C=N–C) groups is 1. The van der Waals surface area contributed by atoms with Crippen LogP contribution in [0.3, 0.4) is 0 Å². The molecule has 1 aromatic heterocycles. The van der Waals surface area contributed by atoms with Crippen LogP contribution in [0.2, 0.25) is 0 Å². The van der Waals surface area contributed by atoms with Crippen molar-refractivity contribution in [2.24, 2.45) is 12.0 Å². The quantitative estimate of drug-likeness (QED) is 0.561. The molecule has 0 spiro atoms. The van der Waals surface area contributed by atoms with E-state index in [9.17, 15) is 0 Å². The molecule has 0 radical (unpaired) electrons. The van der Waals surface area contributed by atoms with E-state index in [0.717, 1.165) is 31.3 Å². The molecule has 0 saturated carbocycles. The summed E-state index contributed by atoms with van der Waals surface area (Å²) in [5.41, 5.74) is 4.99. The first-order chi connectivity index (χ1) is 13.3. The molecular weight excluding hydrogens is 348 g/mol. The van der Waals surface area contributed by atoms with Gasteiger partial charge in [0.1, 0.15) is 0 Å². The summed E-state index contributed by atoms with van der Waals surface area (Å²) in [6.45, 7) is 9.69. The van der Waals surface area contributed by atoms with Crippen molar-refractivity contribution in [3.05, 3.63) is 52.8 Å². The fourth-order valence-electron chi connectivity index (χ4n) is 3.33. The highest BCUT2D eigenvalue weighted by molar-refractivity contribution is 5.79. The minimum atomic E-state index is 0.405. The van der Waals surface area contributed by atoms with Gasteiger partial charge in [-0.3, -0.25) is 4.68 Å². The summed E-state index contributed by atoms with van der Waals surface area (Å²) in [5.74, 6) is 1.32. The zero-order valence-electron chi connectivity index (χ0n) is 18.5. The molecular formula is C22H36N6. The fourth-order valence-corrected chi connectivity index (χ4v) is 3.33. The minimum absolute atomic E-state index is 0.405. The molecule has 28 heavy (non-hydrogen) atoms. The van der Waals surface area contributed by atoms with E-state index in [0.29, 0.717) is 12.5 Å². The maximum Gasteiger partial charge on any atom is 0.194 e. The summed E-state index contributed by atoms with van der Waals surface area (Å²) < 4.78 is 1.90. The molecule has 0 fully saturated rings. The van der Waals surface area contributed by atoms with Crippen molar-refractivity contribution in [3.63, 3.8) is 0 Å². The average Bonchev–Trinajstić information content (AvgIpc) is 2.99. The van der Waals surface area contributed by atoms with Gasteiger partial charge in [0.25, 0.3) is 0 Å². The van der Waals surface area contributed by atoms with Gasteiger partial charge in [-0.25, -0.2) is 4.99 Å². The standard InChI is InChI=1S/C22H36N6/c1-8-23-22(24-13-18-11-9-10-12-19(18)14-26(4)5)27(6)15-20-16-28(7)25-21(20)17(2)3/h9-12,16-17H,8,13-15H2,1-7H3,(H,23,24). The Balaban J connectivity index is 2.18. The predicted molar refractivity (Wildman–Crippen MR) is 117 cm³/mol. The van der Waals surface area contributed by atoms with Gasteiger partial charge in [0.15, 0.2) is 5.96 Å². The number of aryl methyl sites for hydroxylation is 1. The lowest BCUT2D eigenvalue weighted by Gasteiger charge is -2.22. The fraction of sp³-hybridized carbons (Fsp3) is 0.545. The molecule has 6 heteroatoms. The van der Waals surface area contributed by atoms with Crippen LogP contribution in [-0.4, -0.2) is 53.2 Å². The first-order valence-corrected chi connectivity index (χ1v) is 10.0. The predicted octanol–water partition coefficient (Wildman–Crippen LogP) is 3.20. The van der Waals surface area contributed by atoms with Gasteiger partial charge in [0, 0.05) is 45.5 Å². The first kappa shape index (κ1) is 22.0. The van der Waals surface area contributed by atoms with Gasteiger partial charge in [-0.05, 0) is 38.1 Å². The zero-order valence-corrected chi connectivity index (χ0v) is 18.5. The Labute approximate surface area is 170 Å². The number of benzene rings is 1. The Kier molecular flexibility index (Phi) is 8.05. The van der Waals surface area contributed by atoms with E-state index in [-0.39, 0.29) is 0 Å². The van der Waals surface area contributed by atoms with Crippen molar-refractivity contribution in [3.8, 4) is 0 Å². The molecule has 0 aliphatic heterocycles. The first-order valence-electron chi connectivity index (χ1n) is 10.0. The Morgan fingerprint density at radius 1 is 1.11 bits per heavy atom. The van der Waals surface area contributed by atoms with Crippen molar-refractivity contribution in [1.29, 1.82) is 0 Å². The summed E-state index contributed by atoms with van der Waals surface area (Å²) in [5, 5.41) is 8.05. The summed E-state index contributed by atoms with van der Waals surface area (Å²) in [6, 6.07) is 8.54. The lowest BCUT2D eigenvalue weighted by molar-refractivity contribution is 0.401. The van der Waals surface area contributed by atoms with E-state index < -0.39 is 0 Å². The lowest BCUT2D eigenvalue weighted by atomic mass is 10.1. The van der Waals surface area contributed by atoms with Gasteiger partial charge in [0.05, 0.1) is 12.2 Å². The number of hydrogen-bond acceptors (Lipinski definition) is 3. The van der Waals surface area contributed by atoms with Crippen LogP contribution in [0.25, 0.3) is 0 Å². The van der Waals surface area contributed by atoms with Crippen molar-refractivity contribution < 1.29 is 0 Å². The van der Waals surface area contributed by atoms with Gasteiger partial charge in [-0.2, -0.15) is 5.10 Å². The molecule has 1 N–H and O–H groups in total. The minimum Gasteiger partial charge on any atom is -0.357 e. The Morgan fingerprint density at radius 3 is 2.39 bits per heavy atom. The molecule has 154 valence electrons. The number of nitrogens with zero attached hydrogens (tertiary/aromatic N) is 5. The van der Waals surface area contributed by atoms with Crippen LogP contribution in [0.4, 0.5) is 0 Å². The van der Waals surface area contributed by atoms with Crippen molar-refractivity contribution >= 4 is 5.96 Å². The maximum absolute atomic E-state index is 4.91. The Bertz CT molecular complexity index is 775. The van der Waals surface area contributed by atoms with Crippen LogP contribution in [-0.2, 0) is 26.7 Å². The van der Waals surface area contributed by atoms with E-state index in [1.54, 1.807) is 0 Å². The molecule has 0 bridgehead atoms. The highest BCUT2D eigenvalue weighted by atomic mass is 15.3. The normalized spacial score (nSPS) is 12.1. The van der Waals surface area contributed by atoms with Crippen LogP contribution in [0.5, 0.6) is 0 Å². The lowest BCUT2D eigenvalue weighted by Crippen LogP contribution is -2.38. The van der Waals surface area contributed by atoms with Crippen molar-refractivity contribution in [1.82, 2.24) is 24.9 Å². The molecule has 0 unspecified atom stereocenters. The van der Waals surface area contributed by atoms with Crippen LogP contribution in [0, 0.1) is 0 Å². The van der Waals surface area contributed by atoms with Gasteiger partial charge >= 0.3 is 0 Å². The van der Waals surface area contributed by atoms with Gasteiger partial charge in [-0.1, -0.05) is 38.1 Å². The third-order valence-corrected chi connectivity index (χ3v) is 4.59. The molecule has 0 atom stereocenters. The molecule has 2 aromatic rings. The molecule has 0 aliphatic carbocycles. The van der Waals surface area contributed by atoms with Crippen molar-refractivity contribution in [2.75, 3.05) is 27.7 Å². The Hall–Kier alpha value is -2.34. The second-order valence-corrected chi connectivity index (χ2v) is 7.90. The van der Waals surface area contributed by atoms with Crippen molar-refractivity contribution in [2.45, 2.75) is 46.3 Å². The number of nitrogens with one attached hydrogen (secondary N) is 1. The average molecular weight is 385 g/mol. The van der Waals surface area contributed by atoms with Crippen LogP contribution < -0.4 is 5.32 Å². The van der Waals surface area contributed by atoms with E-state index >= 15 is 0 Å². The molecule has 0 amide bonds. The molecule has 1 aromatic carbocycles. The zero-order chi connectivity index (χ0) is 20.7. The summed E-state index contributed by atoms with van der Waals surface area (Å²) >= 11 is 0.